The van der Waals surface area contributed by atoms with Gasteiger partial charge >= 0.3 is 0 Å². The van der Waals surface area contributed by atoms with Gasteiger partial charge in [-0.1, -0.05) is 25.3 Å². The normalized spacial score (nSPS) is 24.9. The zero-order chi connectivity index (χ0) is 13.9. The minimum atomic E-state index is -0.0747. The molecule has 1 aliphatic carbocycles. The van der Waals surface area contributed by atoms with E-state index in [4.69, 9.17) is 0 Å². The largest absolute Gasteiger partial charge is 0.366 e. The molecule has 3 heteroatoms. The van der Waals surface area contributed by atoms with Crippen LogP contribution in [0, 0.1) is 18.7 Å². The van der Waals surface area contributed by atoms with Crippen molar-refractivity contribution < 1.29 is 4.39 Å². The first-order valence-electron chi connectivity index (χ1n) is 7.98. The van der Waals surface area contributed by atoms with Crippen LogP contribution in [0.25, 0.3) is 0 Å². The lowest BCUT2D eigenvalue weighted by atomic mass is 9.83. The average molecular weight is 276 g/mol. The highest BCUT2D eigenvalue weighted by Gasteiger charge is 2.28. The van der Waals surface area contributed by atoms with Crippen LogP contribution in [0.1, 0.15) is 37.7 Å². The van der Waals surface area contributed by atoms with Gasteiger partial charge in [-0.25, -0.2) is 4.39 Å². The van der Waals surface area contributed by atoms with Crippen molar-refractivity contribution in [2.24, 2.45) is 5.92 Å². The molecule has 1 aromatic carbocycles. The highest BCUT2D eigenvalue weighted by Crippen LogP contribution is 2.29. The van der Waals surface area contributed by atoms with Crippen LogP contribution in [0.15, 0.2) is 18.2 Å². The number of aryl methyl sites for hydroxylation is 1. The van der Waals surface area contributed by atoms with Crippen molar-refractivity contribution in [2.45, 2.75) is 45.1 Å². The Hall–Kier alpha value is -1.09. The number of benzene rings is 1. The van der Waals surface area contributed by atoms with Crippen molar-refractivity contribution in [3.8, 4) is 0 Å². The Kier molecular flexibility index (Phi) is 4.25. The highest BCUT2D eigenvalue weighted by atomic mass is 19.1. The lowest BCUT2D eigenvalue weighted by Crippen LogP contribution is -2.54. The van der Waals surface area contributed by atoms with Crippen molar-refractivity contribution in [1.82, 2.24) is 5.32 Å². The lowest BCUT2D eigenvalue weighted by molar-refractivity contribution is 0.257. The van der Waals surface area contributed by atoms with Crippen LogP contribution in [0.5, 0.6) is 0 Å². The van der Waals surface area contributed by atoms with E-state index in [1.807, 2.05) is 19.1 Å². The molecule has 0 spiro atoms. The van der Waals surface area contributed by atoms with E-state index in [1.165, 1.54) is 32.1 Å². The Labute approximate surface area is 121 Å². The Morgan fingerprint density at radius 2 is 2.00 bits per heavy atom. The third-order valence-corrected chi connectivity index (χ3v) is 4.87. The van der Waals surface area contributed by atoms with Crippen molar-refractivity contribution in [3.63, 3.8) is 0 Å². The molecule has 3 rings (SSSR count). The smallest absolute Gasteiger partial charge is 0.146 e. The van der Waals surface area contributed by atoms with Crippen LogP contribution in [0.2, 0.25) is 0 Å². The van der Waals surface area contributed by atoms with Gasteiger partial charge in [-0.3, -0.25) is 0 Å². The number of hydrogen-bond acceptors (Lipinski definition) is 2. The third-order valence-electron chi connectivity index (χ3n) is 4.87. The molecule has 0 bridgehead atoms. The van der Waals surface area contributed by atoms with Gasteiger partial charge in [0, 0.05) is 25.7 Å². The standard InChI is InChI=1S/C17H25FN2/c1-13-7-8-17(15(18)11-13)20-10-9-19-16(12-20)14-5-3-2-4-6-14/h7-8,11,14,16,19H,2-6,9-10,12H2,1H3. The summed E-state index contributed by atoms with van der Waals surface area (Å²) in [6.07, 6.45) is 6.78. The first-order valence-corrected chi connectivity index (χ1v) is 7.98. The van der Waals surface area contributed by atoms with E-state index < -0.39 is 0 Å². The van der Waals surface area contributed by atoms with Crippen molar-refractivity contribution >= 4 is 5.69 Å². The summed E-state index contributed by atoms with van der Waals surface area (Å²) in [7, 11) is 0. The summed E-state index contributed by atoms with van der Waals surface area (Å²) in [6.45, 7) is 4.76. The summed E-state index contributed by atoms with van der Waals surface area (Å²) in [5.74, 6) is 0.703. The third kappa shape index (κ3) is 2.98. The van der Waals surface area contributed by atoms with E-state index in [0.717, 1.165) is 36.8 Å². The van der Waals surface area contributed by atoms with E-state index in [-0.39, 0.29) is 5.82 Å². The molecular weight excluding hydrogens is 251 g/mol. The maximum Gasteiger partial charge on any atom is 0.146 e. The molecule has 1 saturated carbocycles. The highest BCUT2D eigenvalue weighted by molar-refractivity contribution is 5.49. The molecule has 20 heavy (non-hydrogen) atoms. The Bertz CT molecular complexity index is 454. The molecule has 1 atom stereocenters. The van der Waals surface area contributed by atoms with Gasteiger partial charge in [0.05, 0.1) is 5.69 Å². The van der Waals surface area contributed by atoms with Gasteiger partial charge < -0.3 is 10.2 Å². The van der Waals surface area contributed by atoms with Gasteiger partial charge in [0.2, 0.25) is 0 Å². The summed E-state index contributed by atoms with van der Waals surface area (Å²) in [5.41, 5.74) is 1.77. The maximum absolute atomic E-state index is 14.1. The fourth-order valence-electron chi connectivity index (χ4n) is 3.72. The van der Waals surface area contributed by atoms with Crippen molar-refractivity contribution in [1.29, 1.82) is 0 Å². The minimum Gasteiger partial charge on any atom is -0.366 e. The van der Waals surface area contributed by atoms with Crippen LogP contribution in [0.4, 0.5) is 10.1 Å². The monoisotopic (exact) mass is 276 g/mol. The number of nitrogens with one attached hydrogen (secondary N) is 1. The van der Waals surface area contributed by atoms with Crippen molar-refractivity contribution in [3.05, 3.63) is 29.6 Å². The van der Waals surface area contributed by atoms with E-state index in [1.54, 1.807) is 6.07 Å². The van der Waals surface area contributed by atoms with Gasteiger partial charge in [-0.05, 0) is 43.4 Å². The molecule has 1 saturated heterocycles. The molecule has 110 valence electrons. The zero-order valence-electron chi connectivity index (χ0n) is 12.4. The Balaban J connectivity index is 1.71. The van der Waals surface area contributed by atoms with Crippen molar-refractivity contribution in [2.75, 3.05) is 24.5 Å². The number of hydrogen-bond donors (Lipinski definition) is 1. The van der Waals surface area contributed by atoms with Gasteiger partial charge in [0.1, 0.15) is 5.82 Å². The van der Waals surface area contributed by atoms with E-state index in [0.29, 0.717) is 6.04 Å². The average Bonchev–Trinajstić information content (AvgIpc) is 2.48. The molecule has 1 unspecified atom stereocenters. The van der Waals surface area contributed by atoms with Crippen LogP contribution in [-0.4, -0.2) is 25.7 Å². The number of piperazine rings is 1. The van der Waals surface area contributed by atoms with Crippen LogP contribution in [-0.2, 0) is 0 Å². The SMILES string of the molecule is Cc1ccc(N2CCNC(C3CCCCC3)C2)c(F)c1. The van der Waals surface area contributed by atoms with Crippen LogP contribution >= 0.6 is 0 Å². The molecule has 1 aliphatic heterocycles. The fourth-order valence-corrected chi connectivity index (χ4v) is 3.72. The molecule has 2 aliphatic rings. The molecule has 0 aromatic heterocycles. The summed E-state index contributed by atoms with van der Waals surface area (Å²) < 4.78 is 14.1. The maximum atomic E-state index is 14.1. The second-order valence-corrected chi connectivity index (χ2v) is 6.36. The molecule has 0 radical (unpaired) electrons. The van der Waals surface area contributed by atoms with Gasteiger partial charge in [0.25, 0.3) is 0 Å². The molecule has 1 N–H and O–H groups in total. The predicted octanol–water partition coefficient (Wildman–Crippen LogP) is 3.49. The van der Waals surface area contributed by atoms with Gasteiger partial charge in [-0.15, -0.1) is 0 Å². The molecular formula is C17H25FN2. The Morgan fingerprint density at radius 1 is 1.20 bits per heavy atom. The zero-order valence-corrected chi connectivity index (χ0v) is 12.4. The van der Waals surface area contributed by atoms with Crippen LogP contribution < -0.4 is 10.2 Å². The fraction of sp³-hybridized carbons (Fsp3) is 0.647. The number of nitrogens with zero attached hydrogens (tertiary/aromatic N) is 1. The van der Waals surface area contributed by atoms with Gasteiger partial charge in [-0.2, -0.15) is 0 Å². The van der Waals surface area contributed by atoms with E-state index in [2.05, 4.69) is 10.2 Å². The molecule has 0 amide bonds. The Morgan fingerprint density at radius 3 is 2.75 bits per heavy atom. The first kappa shape index (κ1) is 13.9. The number of rotatable bonds is 2. The lowest BCUT2D eigenvalue weighted by Gasteiger charge is -2.40. The summed E-state index contributed by atoms with van der Waals surface area (Å²) in [4.78, 5) is 2.23. The second kappa shape index (κ2) is 6.13. The van der Waals surface area contributed by atoms with Crippen LogP contribution in [0.3, 0.4) is 0 Å². The molecule has 1 heterocycles. The quantitative estimate of drug-likeness (QED) is 0.889. The van der Waals surface area contributed by atoms with Gasteiger partial charge in [0.15, 0.2) is 0 Å². The minimum absolute atomic E-state index is 0.0747. The number of halogens is 1. The predicted molar refractivity (Wildman–Crippen MR) is 81.7 cm³/mol. The topological polar surface area (TPSA) is 15.3 Å². The summed E-state index contributed by atoms with van der Waals surface area (Å²) >= 11 is 0. The summed E-state index contributed by atoms with van der Waals surface area (Å²) in [5, 5.41) is 3.66. The number of anilines is 1. The summed E-state index contributed by atoms with van der Waals surface area (Å²) in [6, 6.07) is 6.13. The van der Waals surface area contributed by atoms with E-state index >= 15 is 0 Å². The second-order valence-electron chi connectivity index (χ2n) is 6.36. The van der Waals surface area contributed by atoms with E-state index in [9.17, 15) is 4.39 Å². The molecule has 2 nitrogen and oxygen atoms in total. The molecule has 2 fully saturated rings. The first-order chi connectivity index (χ1) is 9.74. The molecule has 1 aromatic rings.